The van der Waals surface area contributed by atoms with Crippen LogP contribution < -0.4 is 17.0 Å². The van der Waals surface area contributed by atoms with Gasteiger partial charge in [0.15, 0.2) is 12.4 Å². The molecule has 1 rings (SSSR count). The smallest absolute Gasteiger partial charge is 0.338 e. The Hall–Kier alpha value is -1.09. The summed E-state index contributed by atoms with van der Waals surface area (Å²) in [5.41, 5.74) is 0.673. The van der Waals surface area contributed by atoms with Crippen LogP contribution >= 0.6 is 0 Å². The fraction of sp³-hybridized carbons (Fsp3) is 0.842. The van der Waals surface area contributed by atoms with Crippen LogP contribution in [0.15, 0.2) is 24.5 Å². The number of nitrogens with zero attached hydrogens (tertiary/aromatic N) is 1. The molecule has 1 aromatic rings. The Kier molecular flexibility index (Phi) is 32.0. The van der Waals surface area contributed by atoms with E-state index in [0.717, 1.165) is 19.4 Å². The van der Waals surface area contributed by atoms with E-state index in [-0.39, 0.29) is 18.4 Å². The molecule has 0 bridgehead atoms. The second kappa shape index (κ2) is 32.8. The van der Waals surface area contributed by atoms with Gasteiger partial charge in [0, 0.05) is 18.6 Å². The topological polar surface area (TPSA) is 30.2 Å². The molecule has 0 aliphatic heterocycles. The van der Waals surface area contributed by atoms with Crippen molar-refractivity contribution in [2.75, 3.05) is 6.61 Å². The Morgan fingerprint density at radius 1 is 0.500 bits per heavy atom. The molecule has 0 atom stereocenters. The van der Waals surface area contributed by atoms with Crippen LogP contribution in [0.25, 0.3) is 0 Å². The zero-order valence-electron chi connectivity index (χ0n) is 28.2. The molecule has 246 valence electrons. The molecule has 4 heteroatoms. The normalized spacial score (nSPS) is 11.0. The van der Waals surface area contributed by atoms with Crippen LogP contribution in [0.3, 0.4) is 0 Å². The molecule has 0 saturated carbocycles. The van der Waals surface area contributed by atoms with Gasteiger partial charge in [-0.25, -0.2) is 9.36 Å². The quantitative estimate of drug-likeness (QED) is 0.0478. The van der Waals surface area contributed by atoms with Crippen molar-refractivity contribution in [3.05, 3.63) is 30.1 Å². The van der Waals surface area contributed by atoms with Crippen molar-refractivity contribution in [1.29, 1.82) is 0 Å². The van der Waals surface area contributed by atoms with Crippen molar-refractivity contribution < 1.29 is 26.5 Å². The Morgan fingerprint density at radius 2 is 0.810 bits per heavy atom. The molecular formula is C38H70ClNO2. The van der Waals surface area contributed by atoms with Crippen LogP contribution in [0.5, 0.6) is 0 Å². The molecular weight excluding hydrogens is 538 g/mol. The molecule has 0 aliphatic carbocycles. The van der Waals surface area contributed by atoms with Gasteiger partial charge >= 0.3 is 5.97 Å². The van der Waals surface area contributed by atoms with Gasteiger partial charge in [-0.1, -0.05) is 174 Å². The largest absolute Gasteiger partial charge is 1.00 e. The summed E-state index contributed by atoms with van der Waals surface area (Å²) in [4.78, 5) is 12.3. The number of aryl methyl sites for hydroxylation is 1. The van der Waals surface area contributed by atoms with E-state index in [1.54, 1.807) is 0 Å². The molecule has 42 heavy (non-hydrogen) atoms. The van der Waals surface area contributed by atoms with E-state index >= 15 is 0 Å². The number of pyridine rings is 1. The summed E-state index contributed by atoms with van der Waals surface area (Å²) in [6.45, 7) is 6.15. The standard InChI is InChI=1S/C38H70NO2.ClH/c1-3-5-7-9-11-13-15-17-18-19-20-21-23-25-27-29-33-39-34-31-37(32-35-39)38(40)41-36-30-28-26-24-22-16-14-12-10-8-6-4-2;/h31-32,34-35H,3-30,33,36H2,1-2H3;1H/q+1;/p-1. The van der Waals surface area contributed by atoms with E-state index in [0.29, 0.717) is 12.2 Å². The Balaban J connectivity index is 0.0000168. The SMILES string of the molecule is CCCCCCCCCCCCCCCCCC[n+]1ccc(C(=O)OCCCCCCCCCCCCCC)cc1.[Cl-]. The molecule has 0 aliphatic rings. The number of hydrogen-bond acceptors (Lipinski definition) is 2. The second-order valence-corrected chi connectivity index (χ2v) is 12.7. The number of carbonyl (C=O) groups excluding carboxylic acids is 1. The monoisotopic (exact) mass is 608 g/mol. The summed E-state index contributed by atoms with van der Waals surface area (Å²) in [6.07, 6.45) is 42.3. The van der Waals surface area contributed by atoms with E-state index in [1.807, 2.05) is 24.5 Å². The molecule has 0 radical (unpaired) electrons. The number of esters is 1. The summed E-state index contributed by atoms with van der Waals surface area (Å²) in [5, 5.41) is 0. The summed E-state index contributed by atoms with van der Waals surface area (Å²) in [6, 6.07) is 3.83. The van der Waals surface area contributed by atoms with E-state index < -0.39 is 0 Å². The van der Waals surface area contributed by atoms with Gasteiger partial charge in [-0.2, -0.15) is 0 Å². The van der Waals surface area contributed by atoms with Gasteiger partial charge in [0.05, 0.1) is 12.2 Å². The Morgan fingerprint density at radius 3 is 1.17 bits per heavy atom. The first-order valence-electron chi connectivity index (χ1n) is 18.4. The number of aromatic nitrogens is 1. The van der Waals surface area contributed by atoms with Crippen LogP contribution in [0, 0.1) is 0 Å². The van der Waals surface area contributed by atoms with E-state index in [1.165, 1.54) is 167 Å². The third kappa shape index (κ3) is 26.5. The van der Waals surface area contributed by atoms with Crippen molar-refractivity contribution in [2.45, 2.75) is 200 Å². The van der Waals surface area contributed by atoms with Crippen molar-refractivity contribution in [2.24, 2.45) is 0 Å². The highest BCUT2D eigenvalue weighted by atomic mass is 35.5. The lowest BCUT2D eigenvalue weighted by Gasteiger charge is -2.05. The zero-order valence-corrected chi connectivity index (χ0v) is 28.9. The van der Waals surface area contributed by atoms with E-state index in [4.69, 9.17) is 4.74 Å². The van der Waals surface area contributed by atoms with Gasteiger partial charge in [0.2, 0.25) is 0 Å². The summed E-state index contributed by atoms with van der Waals surface area (Å²) in [5.74, 6) is -0.178. The first-order valence-corrected chi connectivity index (χ1v) is 18.4. The maximum atomic E-state index is 12.3. The van der Waals surface area contributed by atoms with Gasteiger partial charge in [-0.05, 0) is 12.8 Å². The van der Waals surface area contributed by atoms with Gasteiger partial charge in [0.25, 0.3) is 0 Å². The number of hydrogen-bond donors (Lipinski definition) is 0. The molecule has 0 N–H and O–H groups in total. The predicted octanol–water partition coefficient (Wildman–Crippen LogP) is 9.10. The maximum absolute atomic E-state index is 12.3. The molecule has 0 spiro atoms. The second-order valence-electron chi connectivity index (χ2n) is 12.7. The minimum Gasteiger partial charge on any atom is -1.00 e. The van der Waals surface area contributed by atoms with Crippen molar-refractivity contribution >= 4 is 5.97 Å². The average Bonchev–Trinajstić information content (AvgIpc) is 2.99. The number of carbonyl (C=O) groups is 1. The third-order valence-corrected chi connectivity index (χ3v) is 8.63. The molecule has 0 aromatic carbocycles. The van der Waals surface area contributed by atoms with Gasteiger partial charge in [-0.3, -0.25) is 0 Å². The van der Waals surface area contributed by atoms with Crippen LogP contribution in [0.1, 0.15) is 204 Å². The third-order valence-electron chi connectivity index (χ3n) is 8.63. The molecule has 1 heterocycles. The van der Waals surface area contributed by atoms with E-state index in [2.05, 4.69) is 18.4 Å². The Labute approximate surface area is 268 Å². The van der Waals surface area contributed by atoms with Gasteiger partial charge in [-0.15, -0.1) is 0 Å². The minimum atomic E-state index is -0.178. The highest BCUT2D eigenvalue weighted by Crippen LogP contribution is 2.14. The summed E-state index contributed by atoms with van der Waals surface area (Å²) < 4.78 is 7.71. The van der Waals surface area contributed by atoms with Gasteiger partial charge < -0.3 is 17.1 Å². The summed E-state index contributed by atoms with van der Waals surface area (Å²) in [7, 11) is 0. The average molecular weight is 608 g/mol. The highest BCUT2D eigenvalue weighted by Gasteiger charge is 2.09. The predicted molar refractivity (Wildman–Crippen MR) is 178 cm³/mol. The van der Waals surface area contributed by atoms with Crippen molar-refractivity contribution in [1.82, 2.24) is 0 Å². The van der Waals surface area contributed by atoms with Crippen LogP contribution in [-0.2, 0) is 11.3 Å². The highest BCUT2D eigenvalue weighted by molar-refractivity contribution is 5.88. The number of unbranched alkanes of at least 4 members (excludes halogenated alkanes) is 26. The molecule has 3 nitrogen and oxygen atoms in total. The molecule has 0 saturated heterocycles. The lowest BCUT2D eigenvalue weighted by Crippen LogP contribution is -3.00. The fourth-order valence-electron chi connectivity index (χ4n) is 5.78. The van der Waals surface area contributed by atoms with E-state index in [9.17, 15) is 4.79 Å². The Bertz CT molecular complexity index is 678. The first kappa shape index (κ1) is 40.9. The zero-order chi connectivity index (χ0) is 29.5. The van der Waals surface area contributed by atoms with Crippen molar-refractivity contribution in [3.63, 3.8) is 0 Å². The maximum Gasteiger partial charge on any atom is 0.338 e. The van der Waals surface area contributed by atoms with Crippen LogP contribution in [0.4, 0.5) is 0 Å². The molecule has 0 amide bonds. The number of ether oxygens (including phenoxy) is 1. The first-order chi connectivity index (χ1) is 20.3. The lowest BCUT2D eigenvalue weighted by molar-refractivity contribution is -0.697. The number of halogens is 1. The molecule has 0 unspecified atom stereocenters. The molecule has 0 fully saturated rings. The van der Waals surface area contributed by atoms with Crippen molar-refractivity contribution in [3.8, 4) is 0 Å². The minimum absolute atomic E-state index is 0. The lowest BCUT2D eigenvalue weighted by atomic mass is 10.0. The fourth-order valence-corrected chi connectivity index (χ4v) is 5.78. The van der Waals surface area contributed by atoms with Gasteiger partial charge in [0.1, 0.15) is 6.54 Å². The number of rotatable bonds is 31. The summed E-state index contributed by atoms with van der Waals surface area (Å²) >= 11 is 0. The van der Waals surface area contributed by atoms with Crippen LogP contribution in [-0.4, -0.2) is 12.6 Å². The molecule has 1 aromatic heterocycles. The van der Waals surface area contributed by atoms with Crippen LogP contribution in [0.2, 0.25) is 0 Å².